The van der Waals surface area contributed by atoms with Crippen LogP contribution in [0.3, 0.4) is 0 Å². The van der Waals surface area contributed by atoms with E-state index in [1.54, 1.807) is 0 Å². The number of sulfone groups is 1. The first-order valence-electron chi connectivity index (χ1n) is 5.37. The maximum Gasteiger partial charge on any atom is 0.326 e. The molecule has 9 nitrogen and oxygen atoms in total. The van der Waals surface area contributed by atoms with E-state index in [1.165, 1.54) is 6.92 Å². The number of carbonyl (C=O) groups is 3. The summed E-state index contributed by atoms with van der Waals surface area (Å²) in [7, 11) is -3.23. The van der Waals surface area contributed by atoms with Crippen molar-refractivity contribution in [2.24, 2.45) is 0 Å². The average molecular weight is 296 g/mol. The summed E-state index contributed by atoms with van der Waals surface area (Å²) < 4.78 is 22.2. The van der Waals surface area contributed by atoms with Crippen LogP contribution in [0.2, 0.25) is 0 Å². The highest BCUT2D eigenvalue weighted by Gasteiger charge is 2.22. The fourth-order valence-electron chi connectivity index (χ4n) is 1.05. The number of urea groups is 1. The lowest BCUT2D eigenvalue weighted by molar-refractivity contribution is -0.145. The number of hydrogen-bond acceptors (Lipinski definition) is 5. The van der Waals surface area contributed by atoms with Gasteiger partial charge in [0.25, 0.3) is 0 Å². The van der Waals surface area contributed by atoms with Gasteiger partial charge in [-0.2, -0.15) is 0 Å². The van der Waals surface area contributed by atoms with Crippen molar-refractivity contribution in [3.8, 4) is 0 Å². The molecule has 1 atom stereocenters. The number of hydrogen-bond donors (Lipinski definition) is 4. The quantitative estimate of drug-likeness (QED) is 0.432. The van der Waals surface area contributed by atoms with Gasteiger partial charge in [0.2, 0.25) is 0 Å². The van der Waals surface area contributed by atoms with Gasteiger partial charge in [-0.1, -0.05) is 6.92 Å². The van der Waals surface area contributed by atoms with Crippen molar-refractivity contribution in [1.82, 2.24) is 10.6 Å². The molecular formula is C9H16N2O7S. The highest BCUT2D eigenvalue weighted by atomic mass is 32.2. The normalized spacial score (nSPS) is 12.5. The van der Waals surface area contributed by atoms with Crippen LogP contribution in [-0.4, -0.2) is 60.7 Å². The molecule has 0 aliphatic carbocycles. The van der Waals surface area contributed by atoms with E-state index < -0.39 is 40.3 Å². The monoisotopic (exact) mass is 296 g/mol. The van der Waals surface area contributed by atoms with E-state index in [0.717, 1.165) is 0 Å². The third-order valence-electron chi connectivity index (χ3n) is 2.12. The summed E-state index contributed by atoms with van der Waals surface area (Å²) in [6, 6.07) is -2.50. The van der Waals surface area contributed by atoms with Gasteiger partial charge in [0, 0.05) is 12.3 Å². The molecule has 0 unspecified atom stereocenters. The van der Waals surface area contributed by atoms with Gasteiger partial charge >= 0.3 is 18.0 Å². The molecule has 0 rings (SSSR count). The molecule has 0 aromatic carbocycles. The number of aliphatic carboxylic acids is 2. The van der Waals surface area contributed by atoms with E-state index in [0.29, 0.717) is 0 Å². The summed E-state index contributed by atoms with van der Waals surface area (Å²) in [5.41, 5.74) is 0. The van der Waals surface area contributed by atoms with Crippen LogP contribution >= 0.6 is 0 Å². The Hall–Kier alpha value is -1.84. The van der Waals surface area contributed by atoms with Gasteiger partial charge in [-0.05, 0) is 0 Å². The van der Waals surface area contributed by atoms with Crippen LogP contribution in [0, 0.1) is 0 Å². The molecule has 2 amide bonds. The van der Waals surface area contributed by atoms with E-state index in [9.17, 15) is 22.8 Å². The second-order valence-electron chi connectivity index (χ2n) is 3.63. The van der Waals surface area contributed by atoms with Gasteiger partial charge in [-0.25, -0.2) is 18.0 Å². The molecule has 0 heterocycles. The average Bonchev–Trinajstić information content (AvgIpc) is 2.27. The molecule has 0 saturated heterocycles. The summed E-state index contributed by atoms with van der Waals surface area (Å²) in [6.07, 6.45) is -0.768. The molecule has 0 aromatic rings. The van der Waals surface area contributed by atoms with E-state index in [1.807, 2.05) is 5.32 Å². The molecule has 19 heavy (non-hydrogen) atoms. The Bertz CT molecular complexity index is 445. The van der Waals surface area contributed by atoms with Gasteiger partial charge in [-0.3, -0.25) is 4.79 Å². The molecule has 0 saturated carbocycles. The summed E-state index contributed by atoms with van der Waals surface area (Å²) in [5.74, 6) is -3.19. The molecule has 0 fully saturated rings. The Labute approximate surface area is 109 Å². The van der Waals surface area contributed by atoms with Crippen molar-refractivity contribution in [2.45, 2.75) is 19.4 Å². The van der Waals surface area contributed by atoms with Gasteiger partial charge in [0.05, 0.1) is 12.2 Å². The Morgan fingerprint density at radius 2 is 1.79 bits per heavy atom. The SMILES string of the molecule is CCS(=O)(=O)CCNC(=O)N[C@@H](CC(=O)O)C(=O)O. The maximum atomic E-state index is 11.2. The number of carboxylic acid groups (broad SMARTS) is 2. The van der Waals surface area contributed by atoms with E-state index in [-0.39, 0.29) is 18.1 Å². The molecule has 110 valence electrons. The number of rotatable bonds is 8. The molecule has 0 spiro atoms. The van der Waals surface area contributed by atoms with Crippen LogP contribution < -0.4 is 10.6 Å². The van der Waals surface area contributed by atoms with Crippen molar-refractivity contribution in [1.29, 1.82) is 0 Å². The molecule has 10 heteroatoms. The summed E-state index contributed by atoms with van der Waals surface area (Å²) in [6.45, 7) is 1.28. The highest BCUT2D eigenvalue weighted by Crippen LogP contribution is 1.93. The van der Waals surface area contributed by atoms with Gasteiger partial charge in [-0.15, -0.1) is 0 Å². The molecule has 0 bridgehead atoms. The molecular weight excluding hydrogens is 280 g/mol. The third-order valence-corrected chi connectivity index (χ3v) is 3.83. The maximum absolute atomic E-state index is 11.2. The second-order valence-corrected chi connectivity index (χ2v) is 6.10. The predicted octanol–water partition coefficient (Wildman–Crippen LogP) is -1.35. The Morgan fingerprint density at radius 1 is 1.21 bits per heavy atom. The van der Waals surface area contributed by atoms with Crippen molar-refractivity contribution in [3.05, 3.63) is 0 Å². The first kappa shape index (κ1) is 17.2. The first-order valence-corrected chi connectivity index (χ1v) is 7.19. The minimum absolute atomic E-state index is 0.0624. The van der Waals surface area contributed by atoms with Gasteiger partial charge < -0.3 is 20.8 Å². The van der Waals surface area contributed by atoms with Crippen LogP contribution in [0.15, 0.2) is 0 Å². The highest BCUT2D eigenvalue weighted by molar-refractivity contribution is 7.91. The van der Waals surface area contributed by atoms with Gasteiger partial charge in [0.1, 0.15) is 6.04 Å². The molecule has 0 aromatic heterocycles. The smallest absolute Gasteiger partial charge is 0.326 e. The summed E-state index contributed by atoms with van der Waals surface area (Å²) >= 11 is 0. The lowest BCUT2D eigenvalue weighted by atomic mass is 10.2. The largest absolute Gasteiger partial charge is 0.481 e. The molecule has 4 N–H and O–H groups in total. The Morgan fingerprint density at radius 3 is 2.21 bits per heavy atom. The van der Waals surface area contributed by atoms with Crippen LogP contribution in [0.5, 0.6) is 0 Å². The van der Waals surface area contributed by atoms with Crippen molar-refractivity contribution >= 4 is 27.8 Å². The number of nitrogens with one attached hydrogen (secondary N) is 2. The predicted molar refractivity (Wildman–Crippen MR) is 64.5 cm³/mol. The molecule has 0 radical (unpaired) electrons. The van der Waals surface area contributed by atoms with Crippen molar-refractivity contribution < 1.29 is 33.0 Å². The zero-order valence-corrected chi connectivity index (χ0v) is 11.1. The van der Waals surface area contributed by atoms with Crippen molar-refractivity contribution in [2.75, 3.05) is 18.1 Å². The van der Waals surface area contributed by atoms with Crippen LogP contribution in [0.4, 0.5) is 4.79 Å². The van der Waals surface area contributed by atoms with E-state index in [4.69, 9.17) is 10.2 Å². The van der Waals surface area contributed by atoms with Crippen molar-refractivity contribution in [3.63, 3.8) is 0 Å². The molecule has 0 aliphatic heterocycles. The zero-order chi connectivity index (χ0) is 15.1. The summed E-state index contributed by atoms with van der Waals surface area (Å²) in [5, 5.41) is 21.2. The van der Waals surface area contributed by atoms with Gasteiger partial charge in [0.15, 0.2) is 9.84 Å². The fourth-order valence-corrected chi connectivity index (χ4v) is 1.75. The Balaban J connectivity index is 4.21. The van der Waals surface area contributed by atoms with Crippen LogP contribution in [-0.2, 0) is 19.4 Å². The third kappa shape index (κ3) is 7.97. The second kappa shape index (κ2) is 7.56. The minimum atomic E-state index is -3.23. The standard InChI is InChI=1S/C9H16N2O7S/c1-2-19(17,18)4-3-10-9(16)11-6(8(14)15)5-7(12)13/h6H,2-5H2,1H3,(H,12,13)(H,14,15)(H2,10,11,16)/t6-/m0/s1. The number of carbonyl (C=O) groups excluding carboxylic acids is 1. The topological polar surface area (TPSA) is 150 Å². The first-order chi connectivity index (χ1) is 8.68. The Kier molecular flexibility index (Phi) is 6.83. The summed E-state index contributed by atoms with van der Waals surface area (Å²) in [4.78, 5) is 32.3. The van der Waals surface area contributed by atoms with Crippen LogP contribution in [0.25, 0.3) is 0 Å². The lowest BCUT2D eigenvalue weighted by Gasteiger charge is -2.13. The minimum Gasteiger partial charge on any atom is -0.481 e. The zero-order valence-electron chi connectivity index (χ0n) is 10.2. The van der Waals surface area contributed by atoms with E-state index >= 15 is 0 Å². The number of carboxylic acids is 2. The lowest BCUT2D eigenvalue weighted by Crippen LogP contribution is -2.47. The molecule has 0 aliphatic rings. The number of amides is 2. The van der Waals surface area contributed by atoms with E-state index in [2.05, 4.69) is 5.32 Å². The fraction of sp³-hybridized carbons (Fsp3) is 0.667. The van der Waals surface area contributed by atoms with Crippen LogP contribution in [0.1, 0.15) is 13.3 Å².